The first kappa shape index (κ1) is 16.6. The number of carbonyl (C=O) groups is 3. The molecule has 1 aliphatic heterocycles. The normalized spacial score (nSPS) is 23.8. The Bertz CT molecular complexity index is 687. The SMILES string of the molecule is CC(=O)C1C(O)C(=O)N(CC(=O)O)C1c1cccc([N+](=O)O)c1. The molecule has 0 aromatic heterocycles. The van der Waals surface area contributed by atoms with Crippen molar-refractivity contribution in [2.24, 2.45) is 5.92 Å². The van der Waals surface area contributed by atoms with Crippen LogP contribution in [0.2, 0.25) is 0 Å². The Morgan fingerprint density at radius 1 is 1.35 bits per heavy atom. The van der Waals surface area contributed by atoms with Gasteiger partial charge in [0, 0.05) is 12.1 Å². The zero-order valence-electron chi connectivity index (χ0n) is 12.1. The zero-order valence-corrected chi connectivity index (χ0v) is 12.1. The molecular formula is C14H15N2O7+. The Balaban J connectivity index is 2.54. The van der Waals surface area contributed by atoms with E-state index in [-0.39, 0.29) is 16.2 Å². The molecule has 1 aromatic rings. The number of hydrogen-bond acceptors (Lipinski definition) is 5. The van der Waals surface area contributed by atoms with Gasteiger partial charge >= 0.3 is 11.7 Å². The van der Waals surface area contributed by atoms with Crippen LogP contribution in [0, 0.1) is 10.8 Å². The highest BCUT2D eigenvalue weighted by Crippen LogP contribution is 2.39. The minimum absolute atomic E-state index is 0.145. The van der Waals surface area contributed by atoms with Gasteiger partial charge in [0.15, 0.2) is 0 Å². The van der Waals surface area contributed by atoms with E-state index in [0.29, 0.717) is 0 Å². The molecule has 1 fully saturated rings. The lowest BCUT2D eigenvalue weighted by Crippen LogP contribution is -2.35. The van der Waals surface area contributed by atoms with E-state index in [1.165, 1.54) is 31.2 Å². The van der Waals surface area contributed by atoms with Crippen LogP contribution in [0.25, 0.3) is 0 Å². The van der Waals surface area contributed by atoms with Gasteiger partial charge in [-0.2, -0.15) is 0 Å². The standard InChI is InChI=1S/C14H14N2O7/c1-7(17)11-12(8-3-2-4-9(5-8)16(22)23)15(6-10(18)19)14(21)13(11)20/h2-5,11-13,20H,6H2,1H3,(H-,18,19,22,23)/p+1. The number of nitrogens with zero attached hydrogens (tertiary/aromatic N) is 2. The summed E-state index contributed by atoms with van der Waals surface area (Å²) in [7, 11) is 0. The molecule has 122 valence electrons. The summed E-state index contributed by atoms with van der Waals surface area (Å²) < 4.78 is 0. The number of Topliss-reactive ketones (excluding diaryl/α,β-unsaturated/α-hetero) is 1. The van der Waals surface area contributed by atoms with E-state index in [0.717, 1.165) is 4.90 Å². The fourth-order valence-corrected chi connectivity index (χ4v) is 2.81. The van der Waals surface area contributed by atoms with Crippen LogP contribution in [0.15, 0.2) is 24.3 Å². The van der Waals surface area contributed by atoms with Gasteiger partial charge in [0.2, 0.25) is 0 Å². The molecule has 2 rings (SSSR count). The Labute approximate surface area is 130 Å². The maximum atomic E-state index is 12.1. The van der Waals surface area contributed by atoms with Gasteiger partial charge in [0.1, 0.15) is 18.4 Å². The highest BCUT2D eigenvalue weighted by Gasteiger charge is 2.50. The summed E-state index contributed by atoms with van der Waals surface area (Å²) in [4.78, 5) is 46.4. The van der Waals surface area contributed by atoms with Crippen molar-refractivity contribution in [3.05, 3.63) is 34.7 Å². The number of aliphatic carboxylic acids is 1. The summed E-state index contributed by atoms with van der Waals surface area (Å²) in [6, 6.07) is 4.39. The molecule has 23 heavy (non-hydrogen) atoms. The maximum Gasteiger partial charge on any atom is 0.323 e. The zero-order chi connectivity index (χ0) is 17.3. The maximum absolute atomic E-state index is 12.1. The lowest BCUT2D eigenvalue weighted by Gasteiger charge is -2.25. The van der Waals surface area contributed by atoms with Gasteiger partial charge in [-0.05, 0) is 12.5 Å². The molecule has 1 aromatic carbocycles. The summed E-state index contributed by atoms with van der Waals surface area (Å²) >= 11 is 0. The van der Waals surface area contributed by atoms with E-state index in [4.69, 9.17) is 10.3 Å². The van der Waals surface area contributed by atoms with Gasteiger partial charge in [-0.15, -0.1) is 0 Å². The molecule has 0 radical (unpaired) electrons. The van der Waals surface area contributed by atoms with Gasteiger partial charge in [-0.3, -0.25) is 14.4 Å². The lowest BCUT2D eigenvalue weighted by atomic mass is 9.89. The molecule has 3 unspecified atom stereocenters. The smallest absolute Gasteiger partial charge is 0.323 e. The molecule has 9 nitrogen and oxygen atoms in total. The van der Waals surface area contributed by atoms with Crippen molar-refractivity contribution in [2.45, 2.75) is 19.1 Å². The summed E-state index contributed by atoms with van der Waals surface area (Å²) in [6.07, 6.45) is -1.65. The molecule has 1 amide bonds. The van der Waals surface area contributed by atoms with Crippen molar-refractivity contribution in [3.63, 3.8) is 0 Å². The number of aliphatic hydroxyl groups is 1. The third-order valence-corrected chi connectivity index (χ3v) is 3.76. The van der Waals surface area contributed by atoms with Crippen molar-refractivity contribution in [3.8, 4) is 0 Å². The molecule has 3 atom stereocenters. The number of rotatable bonds is 5. The van der Waals surface area contributed by atoms with Gasteiger partial charge in [0.05, 0.1) is 16.9 Å². The van der Waals surface area contributed by atoms with Crippen molar-refractivity contribution < 1.29 is 34.7 Å². The molecule has 0 spiro atoms. The number of amides is 1. The van der Waals surface area contributed by atoms with Crippen molar-refractivity contribution in [1.29, 1.82) is 0 Å². The minimum atomic E-state index is -1.65. The first-order valence-corrected chi connectivity index (χ1v) is 6.71. The minimum Gasteiger partial charge on any atom is -0.480 e. The molecule has 3 N–H and O–H groups in total. The topological polar surface area (TPSA) is 135 Å². The number of carboxylic acid groups (broad SMARTS) is 1. The van der Waals surface area contributed by atoms with Gasteiger partial charge in [0.25, 0.3) is 10.8 Å². The van der Waals surface area contributed by atoms with E-state index in [1.807, 2.05) is 0 Å². The van der Waals surface area contributed by atoms with Crippen LogP contribution in [-0.4, -0.2) is 55.6 Å². The second-order valence-corrected chi connectivity index (χ2v) is 5.25. The number of carboxylic acids is 1. The highest BCUT2D eigenvalue weighted by atomic mass is 16.6. The van der Waals surface area contributed by atoms with Crippen LogP contribution in [0.3, 0.4) is 0 Å². The second-order valence-electron chi connectivity index (χ2n) is 5.25. The molecule has 1 saturated heterocycles. The first-order valence-electron chi connectivity index (χ1n) is 6.71. The second kappa shape index (κ2) is 6.13. The summed E-state index contributed by atoms with van der Waals surface area (Å²) in [5.74, 6) is -3.82. The van der Waals surface area contributed by atoms with Crippen LogP contribution < -0.4 is 0 Å². The Morgan fingerprint density at radius 3 is 2.52 bits per heavy atom. The van der Waals surface area contributed by atoms with Crippen LogP contribution in [0.4, 0.5) is 5.69 Å². The predicted octanol–water partition coefficient (Wildman–Crippen LogP) is 0.0202. The number of carbonyl (C=O) groups excluding carboxylic acids is 2. The molecule has 0 bridgehead atoms. The average molecular weight is 323 g/mol. The third-order valence-electron chi connectivity index (χ3n) is 3.76. The fourth-order valence-electron chi connectivity index (χ4n) is 2.81. The molecule has 0 saturated carbocycles. The summed E-state index contributed by atoms with van der Waals surface area (Å²) in [6.45, 7) is 0.489. The van der Waals surface area contributed by atoms with E-state index in [2.05, 4.69) is 0 Å². The summed E-state index contributed by atoms with van der Waals surface area (Å²) in [5, 5.41) is 27.9. The number of benzene rings is 1. The van der Waals surface area contributed by atoms with E-state index < -0.39 is 42.3 Å². The Morgan fingerprint density at radius 2 is 2.00 bits per heavy atom. The molecular weight excluding hydrogens is 308 g/mol. The number of likely N-dealkylation sites (tertiary alicyclic amines) is 1. The van der Waals surface area contributed by atoms with Crippen molar-refractivity contribution in [2.75, 3.05) is 6.54 Å². The highest BCUT2D eigenvalue weighted by molar-refractivity contribution is 5.95. The molecule has 0 aliphatic carbocycles. The molecule has 9 heteroatoms. The van der Waals surface area contributed by atoms with Crippen LogP contribution >= 0.6 is 0 Å². The third kappa shape index (κ3) is 3.04. The van der Waals surface area contributed by atoms with Crippen LogP contribution in [-0.2, 0) is 14.4 Å². The van der Waals surface area contributed by atoms with Gasteiger partial charge in [-0.25, -0.2) is 5.21 Å². The lowest BCUT2D eigenvalue weighted by molar-refractivity contribution is -0.729. The van der Waals surface area contributed by atoms with E-state index in [1.54, 1.807) is 0 Å². The van der Waals surface area contributed by atoms with Crippen molar-refractivity contribution in [1.82, 2.24) is 4.90 Å². The number of ketones is 1. The quantitative estimate of drug-likeness (QED) is 0.650. The van der Waals surface area contributed by atoms with E-state index in [9.17, 15) is 24.4 Å². The van der Waals surface area contributed by atoms with Crippen LogP contribution in [0.1, 0.15) is 18.5 Å². The van der Waals surface area contributed by atoms with Crippen LogP contribution in [0.5, 0.6) is 0 Å². The summed E-state index contributed by atoms with van der Waals surface area (Å²) in [5.41, 5.74) is 0.123. The monoisotopic (exact) mass is 323 g/mol. The molecule has 1 heterocycles. The fraction of sp³-hybridized carbons (Fsp3) is 0.357. The van der Waals surface area contributed by atoms with E-state index >= 15 is 0 Å². The largest absolute Gasteiger partial charge is 0.480 e. The van der Waals surface area contributed by atoms with Gasteiger partial charge < -0.3 is 15.1 Å². The number of aliphatic hydroxyl groups excluding tert-OH is 1. The first-order chi connectivity index (χ1) is 10.7. The molecule has 1 aliphatic rings. The van der Waals surface area contributed by atoms with Gasteiger partial charge in [-0.1, -0.05) is 12.1 Å². The van der Waals surface area contributed by atoms with Crippen molar-refractivity contribution >= 4 is 23.3 Å². The number of hydrogen-bond donors (Lipinski definition) is 3. The average Bonchev–Trinajstić information content (AvgIpc) is 2.71. The Hall–Kier alpha value is -2.81. The Kier molecular flexibility index (Phi) is 4.41. The predicted molar refractivity (Wildman–Crippen MR) is 73.8 cm³/mol.